The van der Waals surface area contributed by atoms with Gasteiger partial charge in [0.2, 0.25) is 0 Å². The molecule has 3 aromatic rings. The zero-order valence-electron chi connectivity index (χ0n) is 16.2. The van der Waals surface area contributed by atoms with Gasteiger partial charge in [0.05, 0.1) is 27.3 Å². The van der Waals surface area contributed by atoms with Crippen molar-refractivity contribution in [1.82, 2.24) is 19.7 Å². The van der Waals surface area contributed by atoms with E-state index in [4.69, 9.17) is 16.3 Å². The van der Waals surface area contributed by atoms with Crippen molar-refractivity contribution in [3.05, 3.63) is 40.6 Å². The predicted octanol–water partition coefficient (Wildman–Crippen LogP) is 4.19. The van der Waals surface area contributed by atoms with Crippen molar-refractivity contribution < 1.29 is 14.3 Å². The number of hydrogen-bond donors (Lipinski definition) is 2. The van der Waals surface area contributed by atoms with Crippen LogP contribution in [0.3, 0.4) is 0 Å². The average molecular weight is 435 g/mol. The van der Waals surface area contributed by atoms with E-state index in [9.17, 15) is 9.59 Å². The molecule has 11 heteroatoms. The number of halogens is 1. The lowest BCUT2D eigenvalue weighted by atomic mass is 10.2. The van der Waals surface area contributed by atoms with Crippen LogP contribution in [0.5, 0.6) is 0 Å². The maximum atomic E-state index is 12.5. The van der Waals surface area contributed by atoms with Gasteiger partial charge in [-0.25, -0.2) is 14.8 Å². The van der Waals surface area contributed by atoms with E-state index in [1.165, 1.54) is 34.5 Å². The molecule has 3 rings (SSSR count). The van der Waals surface area contributed by atoms with Crippen LogP contribution in [-0.4, -0.2) is 37.3 Å². The number of ether oxygens (including phenoxy) is 1. The molecule has 0 atom stereocenters. The lowest BCUT2D eigenvalue weighted by Gasteiger charge is -2.18. The Morgan fingerprint density at radius 1 is 1.17 bits per heavy atom. The number of carbonyl (C=O) groups is 2. The standard InChI is InChI=1S/C18H19ClN6O3S/c1-18(2,3)28-17(27)23-14-7-11(25(4)24-14)16(26)22-10-8-20-15(21-9-10)12-5-6-13(19)29-12/h5-9H,1-4H3,(H,22,26)(H,23,24,27). The van der Waals surface area contributed by atoms with E-state index in [1.807, 2.05) is 6.07 Å². The van der Waals surface area contributed by atoms with Crippen LogP contribution in [0.15, 0.2) is 30.6 Å². The Kier molecular flexibility index (Phi) is 5.85. The third kappa shape index (κ3) is 5.52. The molecule has 0 spiro atoms. The van der Waals surface area contributed by atoms with Gasteiger partial charge >= 0.3 is 6.09 Å². The highest BCUT2D eigenvalue weighted by molar-refractivity contribution is 7.19. The van der Waals surface area contributed by atoms with Gasteiger partial charge in [-0.05, 0) is 32.9 Å². The van der Waals surface area contributed by atoms with Gasteiger partial charge in [-0.3, -0.25) is 14.8 Å². The van der Waals surface area contributed by atoms with Gasteiger partial charge in [-0.1, -0.05) is 11.6 Å². The lowest BCUT2D eigenvalue weighted by molar-refractivity contribution is 0.0635. The van der Waals surface area contributed by atoms with E-state index in [-0.39, 0.29) is 11.5 Å². The van der Waals surface area contributed by atoms with Crippen LogP contribution in [0.1, 0.15) is 31.3 Å². The smallest absolute Gasteiger partial charge is 0.413 e. The van der Waals surface area contributed by atoms with E-state index < -0.39 is 17.6 Å². The number of thiophene rings is 1. The molecular formula is C18H19ClN6O3S. The van der Waals surface area contributed by atoms with E-state index >= 15 is 0 Å². The van der Waals surface area contributed by atoms with E-state index in [2.05, 4.69) is 25.7 Å². The zero-order valence-corrected chi connectivity index (χ0v) is 17.8. The summed E-state index contributed by atoms with van der Waals surface area (Å²) in [7, 11) is 1.59. The molecule has 0 bridgehead atoms. The van der Waals surface area contributed by atoms with Gasteiger partial charge in [0.25, 0.3) is 5.91 Å². The summed E-state index contributed by atoms with van der Waals surface area (Å²) in [6.07, 6.45) is 2.36. The van der Waals surface area contributed by atoms with Crippen LogP contribution in [0.25, 0.3) is 10.7 Å². The number of aryl methyl sites for hydroxylation is 1. The summed E-state index contributed by atoms with van der Waals surface area (Å²) in [4.78, 5) is 33.7. The fourth-order valence-electron chi connectivity index (χ4n) is 2.30. The maximum Gasteiger partial charge on any atom is 0.413 e. The second kappa shape index (κ2) is 8.18. The van der Waals surface area contributed by atoms with Gasteiger partial charge in [0.1, 0.15) is 11.3 Å². The summed E-state index contributed by atoms with van der Waals surface area (Å²) >= 11 is 7.29. The van der Waals surface area contributed by atoms with E-state index in [0.717, 1.165) is 4.88 Å². The third-order valence-electron chi connectivity index (χ3n) is 3.44. The molecule has 0 aliphatic carbocycles. The number of rotatable bonds is 4. The van der Waals surface area contributed by atoms with E-state index in [1.54, 1.807) is 33.9 Å². The maximum absolute atomic E-state index is 12.5. The largest absolute Gasteiger partial charge is 0.444 e. The molecule has 0 saturated carbocycles. The lowest BCUT2D eigenvalue weighted by Crippen LogP contribution is -2.27. The molecule has 0 radical (unpaired) electrons. The molecule has 152 valence electrons. The summed E-state index contributed by atoms with van der Waals surface area (Å²) in [5, 5.41) is 9.30. The summed E-state index contributed by atoms with van der Waals surface area (Å²) in [5.41, 5.74) is 0.0223. The molecule has 0 aliphatic rings. The van der Waals surface area contributed by atoms with E-state index in [0.29, 0.717) is 15.8 Å². The second-order valence-corrected chi connectivity index (χ2v) is 8.73. The minimum absolute atomic E-state index is 0.202. The molecule has 0 fully saturated rings. The molecule has 9 nitrogen and oxygen atoms in total. The van der Waals surface area contributed by atoms with Crippen LogP contribution in [-0.2, 0) is 11.8 Å². The van der Waals surface area contributed by atoms with Crippen LogP contribution >= 0.6 is 22.9 Å². The number of nitrogens with zero attached hydrogens (tertiary/aromatic N) is 4. The highest BCUT2D eigenvalue weighted by Crippen LogP contribution is 2.28. The predicted molar refractivity (Wildman–Crippen MR) is 111 cm³/mol. The fraction of sp³-hybridized carbons (Fsp3) is 0.278. The SMILES string of the molecule is Cn1nc(NC(=O)OC(C)(C)C)cc1C(=O)Nc1cnc(-c2ccc(Cl)s2)nc1. The Morgan fingerprint density at radius 2 is 1.86 bits per heavy atom. The zero-order chi connectivity index (χ0) is 21.2. The van der Waals surface area contributed by atoms with Crippen LogP contribution in [0.4, 0.5) is 16.3 Å². The first-order chi connectivity index (χ1) is 13.6. The van der Waals surface area contributed by atoms with Crippen LogP contribution < -0.4 is 10.6 Å². The number of aromatic nitrogens is 4. The molecule has 3 heterocycles. The molecule has 29 heavy (non-hydrogen) atoms. The minimum atomic E-state index is -0.653. The number of hydrogen-bond acceptors (Lipinski definition) is 7. The first kappa shape index (κ1) is 20.7. The normalized spacial score (nSPS) is 11.2. The van der Waals surface area contributed by atoms with Crippen molar-refractivity contribution in [2.24, 2.45) is 7.05 Å². The monoisotopic (exact) mass is 434 g/mol. The van der Waals surface area contributed by atoms with Gasteiger partial charge in [-0.15, -0.1) is 11.3 Å². The number of anilines is 2. The van der Waals surface area contributed by atoms with Crippen molar-refractivity contribution in [3.63, 3.8) is 0 Å². The molecule has 2 amide bonds. The summed E-state index contributed by atoms with van der Waals surface area (Å²) in [6, 6.07) is 5.05. The molecule has 0 saturated heterocycles. The first-order valence-corrected chi connectivity index (χ1v) is 9.73. The van der Waals surface area contributed by atoms with Crippen molar-refractivity contribution in [3.8, 4) is 10.7 Å². The number of amides is 2. The van der Waals surface area contributed by atoms with Gasteiger partial charge in [0, 0.05) is 13.1 Å². The topological polar surface area (TPSA) is 111 Å². The first-order valence-electron chi connectivity index (χ1n) is 8.54. The molecule has 0 aromatic carbocycles. The molecule has 3 aromatic heterocycles. The average Bonchev–Trinajstić information content (AvgIpc) is 3.19. The summed E-state index contributed by atoms with van der Waals surface area (Å²) < 4.78 is 7.17. The minimum Gasteiger partial charge on any atom is -0.444 e. The molecule has 2 N–H and O–H groups in total. The Labute approximate surface area is 176 Å². The molecule has 0 unspecified atom stereocenters. The Balaban J connectivity index is 1.66. The van der Waals surface area contributed by atoms with Crippen molar-refractivity contribution in [2.45, 2.75) is 26.4 Å². The highest BCUT2D eigenvalue weighted by Gasteiger charge is 2.19. The van der Waals surface area contributed by atoms with Gasteiger partial charge in [-0.2, -0.15) is 5.10 Å². The van der Waals surface area contributed by atoms with Crippen LogP contribution in [0.2, 0.25) is 4.34 Å². The number of carbonyl (C=O) groups excluding carboxylic acids is 2. The van der Waals surface area contributed by atoms with Crippen molar-refractivity contribution >= 4 is 46.4 Å². The Hall–Kier alpha value is -2.98. The Morgan fingerprint density at radius 3 is 2.45 bits per heavy atom. The summed E-state index contributed by atoms with van der Waals surface area (Å²) in [6.45, 7) is 5.26. The molecule has 0 aliphatic heterocycles. The quantitative estimate of drug-likeness (QED) is 0.636. The van der Waals surface area contributed by atoms with Crippen LogP contribution in [0, 0.1) is 0 Å². The summed E-state index contributed by atoms with van der Waals surface area (Å²) in [5.74, 6) is 0.296. The second-order valence-electron chi connectivity index (χ2n) is 7.02. The Bertz CT molecular complexity index is 1040. The van der Waals surface area contributed by atoms with Crippen molar-refractivity contribution in [1.29, 1.82) is 0 Å². The molecular weight excluding hydrogens is 416 g/mol. The highest BCUT2D eigenvalue weighted by atomic mass is 35.5. The van der Waals surface area contributed by atoms with Crippen molar-refractivity contribution in [2.75, 3.05) is 10.6 Å². The number of nitrogens with one attached hydrogen (secondary N) is 2. The van der Waals surface area contributed by atoms with Gasteiger partial charge < -0.3 is 10.1 Å². The fourth-order valence-corrected chi connectivity index (χ4v) is 3.29. The van der Waals surface area contributed by atoms with Gasteiger partial charge in [0.15, 0.2) is 11.6 Å². The third-order valence-corrected chi connectivity index (χ3v) is 4.67.